The molecule has 234 valence electrons. The molecular formula is C32H48ClN3O4S2. The van der Waals surface area contributed by atoms with E-state index in [1.165, 1.54) is 40.7 Å². The molecular weight excluding hydrogens is 590 g/mol. The van der Waals surface area contributed by atoms with E-state index in [0.29, 0.717) is 30.9 Å². The monoisotopic (exact) mass is 637 g/mol. The van der Waals surface area contributed by atoms with Gasteiger partial charge in [-0.05, 0) is 95.3 Å². The zero-order valence-electron chi connectivity index (χ0n) is 25.4. The lowest BCUT2D eigenvalue weighted by atomic mass is 9.89. The first kappa shape index (κ1) is 34.7. The fourth-order valence-electron chi connectivity index (χ4n) is 6.00. The van der Waals surface area contributed by atoms with E-state index in [-0.39, 0.29) is 41.3 Å². The van der Waals surface area contributed by atoms with Crippen LogP contribution in [0.2, 0.25) is 0 Å². The molecule has 10 heteroatoms. The van der Waals surface area contributed by atoms with Crippen molar-refractivity contribution in [1.82, 2.24) is 13.5 Å². The summed E-state index contributed by atoms with van der Waals surface area (Å²) in [7, 11) is -7.60. The van der Waals surface area contributed by atoms with Crippen LogP contribution < -0.4 is 0 Å². The predicted molar refractivity (Wildman–Crippen MR) is 173 cm³/mol. The smallest absolute Gasteiger partial charge is 0.243 e. The van der Waals surface area contributed by atoms with Gasteiger partial charge in [0, 0.05) is 32.2 Å². The first-order chi connectivity index (χ1) is 19.5. The van der Waals surface area contributed by atoms with E-state index < -0.39 is 20.0 Å². The lowest BCUT2D eigenvalue weighted by molar-refractivity contribution is 0.178. The molecule has 4 rings (SSSR count). The molecule has 0 bridgehead atoms. The Labute approximate surface area is 260 Å². The van der Waals surface area contributed by atoms with Gasteiger partial charge in [-0.3, -0.25) is 0 Å². The van der Waals surface area contributed by atoms with Crippen LogP contribution in [0.5, 0.6) is 0 Å². The largest absolute Gasteiger partial charge is 0.303 e. The maximum absolute atomic E-state index is 13.9. The van der Waals surface area contributed by atoms with Crippen molar-refractivity contribution in [2.75, 3.05) is 39.3 Å². The van der Waals surface area contributed by atoms with Gasteiger partial charge in [-0.25, -0.2) is 16.8 Å². The number of rotatable bonds is 6. The highest BCUT2D eigenvalue weighted by Crippen LogP contribution is 2.27. The minimum atomic E-state index is -3.82. The van der Waals surface area contributed by atoms with Crippen LogP contribution in [0.25, 0.3) is 0 Å². The minimum absolute atomic E-state index is 0. The summed E-state index contributed by atoms with van der Waals surface area (Å²) in [5.41, 5.74) is 2.54. The molecule has 7 nitrogen and oxygen atoms in total. The highest BCUT2D eigenvalue weighted by molar-refractivity contribution is 7.89. The zero-order chi connectivity index (χ0) is 29.6. The lowest BCUT2D eigenvalue weighted by Gasteiger charge is -2.35. The van der Waals surface area contributed by atoms with Crippen molar-refractivity contribution in [2.24, 2.45) is 5.92 Å². The van der Waals surface area contributed by atoms with Crippen LogP contribution in [0.4, 0.5) is 0 Å². The third-order valence-electron chi connectivity index (χ3n) is 8.54. The predicted octanol–water partition coefficient (Wildman–Crippen LogP) is 6.03. The maximum atomic E-state index is 13.9. The van der Waals surface area contributed by atoms with Gasteiger partial charge in [-0.2, -0.15) is 8.61 Å². The molecule has 1 unspecified atom stereocenters. The van der Waals surface area contributed by atoms with Gasteiger partial charge in [0.15, 0.2) is 0 Å². The maximum Gasteiger partial charge on any atom is 0.243 e. The SMILES string of the molecule is C=C1CN(S(=O)(=O)c2ccc(C)cc2)CCCN(CC2CCCCC2)CCC(C)N(S(=O)(=O)c2ccc(C)cc2)C1.Cl. The Balaban J connectivity index is 0.00000484. The molecule has 1 aliphatic heterocycles. The van der Waals surface area contributed by atoms with Crippen molar-refractivity contribution in [1.29, 1.82) is 0 Å². The molecule has 0 radical (unpaired) electrons. The number of hydrogen-bond donors (Lipinski definition) is 0. The van der Waals surface area contributed by atoms with E-state index in [2.05, 4.69) is 11.5 Å². The Bertz CT molecular complexity index is 1370. The summed E-state index contributed by atoms with van der Waals surface area (Å²) in [6.07, 6.45) is 7.71. The molecule has 1 atom stereocenters. The van der Waals surface area contributed by atoms with Gasteiger partial charge in [0.05, 0.1) is 9.79 Å². The van der Waals surface area contributed by atoms with Crippen molar-refractivity contribution in [2.45, 2.75) is 81.5 Å². The fraction of sp³-hybridized carbons (Fsp3) is 0.562. The minimum Gasteiger partial charge on any atom is -0.303 e. The van der Waals surface area contributed by atoms with Crippen LogP contribution >= 0.6 is 12.4 Å². The highest BCUT2D eigenvalue weighted by atomic mass is 35.5. The van der Waals surface area contributed by atoms with E-state index in [0.717, 1.165) is 30.8 Å². The van der Waals surface area contributed by atoms with Crippen LogP contribution in [0, 0.1) is 19.8 Å². The Morgan fingerprint density at radius 2 is 1.26 bits per heavy atom. The summed E-state index contributed by atoms with van der Waals surface area (Å²) in [6, 6.07) is 13.6. The highest BCUT2D eigenvalue weighted by Gasteiger charge is 2.32. The summed E-state index contributed by atoms with van der Waals surface area (Å²) >= 11 is 0. The molecule has 1 aliphatic carbocycles. The standard InChI is InChI=1S/C32H47N3O4S2.ClH/c1-26-11-15-31(16-12-26)40(36,37)34-21-8-20-33(25-30-9-6-5-7-10-30)22-19-29(4)35(24-28(3)23-34)41(38,39)32-17-13-27(2)14-18-32;/h11-18,29-30H,3,5-10,19-25H2,1-2,4H3;1H. The molecule has 0 aromatic heterocycles. The van der Waals surface area contributed by atoms with E-state index >= 15 is 0 Å². The second-order valence-corrected chi connectivity index (χ2v) is 15.9. The van der Waals surface area contributed by atoms with E-state index in [4.69, 9.17) is 0 Å². The van der Waals surface area contributed by atoms with Crippen molar-refractivity contribution >= 4 is 32.5 Å². The van der Waals surface area contributed by atoms with Crippen molar-refractivity contribution in [3.63, 3.8) is 0 Å². The number of sulfonamides is 2. The van der Waals surface area contributed by atoms with Crippen LogP contribution in [-0.4, -0.2) is 75.7 Å². The van der Waals surface area contributed by atoms with Crippen LogP contribution in [0.3, 0.4) is 0 Å². The molecule has 0 N–H and O–H groups in total. The van der Waals surface area contributed by atoms with Gasteiger partial charge in [0.2, 0.25) is 20.0 Å². The van der Waals surface area contributed by atoms with Gasteiger partial charge in [-0.15, -0.1) is 12.4 Å². The van der Waals surface area contributed by atoms with Gasteiger partial charge < -0.3 is 4.90 Å². The Kier molecular flexibility index (Phi) is 12.7. The van der Waals surface area contributed by atoms with E-state index in [9.17, 15) is 16.8 Å². The van der Waals surface area contributed by atoms with Crippen molar-refractivity contribution < 1.29 is 16.8 Å². The number of halogens is 1. The average molecular weight is 638 g/mol. The number of hydrogen-bond acceptors (Lipinski definition) is 5. The Hall–Kier alpha value is -1.75. The molecule has 0 spiro atoms. The topological polar surface area (TPSA) is 78.0 Å². The fourth-order valence-corrected chi connectivity index (χ4v) is 9.18. The summed E-state index contributed by atoms with van der Waals surface area (Å²) < 4.78 is 58.5. The van der Waals surface area contributed by atoms with Gasteiger partial charge >= 0.3 is 0 Å². The molecule has 0 amide bonds. The molecule has 1 heterocycles. The number of benzene rings is 2. The molecule has 1 saturated heterocycles. The molecule has 2 aromatic rings. The van der Waals surface area contributed by atoms with Gasteiger partial charge in [-0.1, -0.05) is 61.2 Å². The summed E-state index contributed by atoms with van der Waals surface area (Å²) in [5.74, 6) is 0.645. The first-order valence-corrected chi connectivity index (χ1v) is 17.9. The molecule has 2 aliphatic rings. The number of nitrogens with zero attached hydrogens (tertiary/aromatic N) is 3. The second-order valence-electron chi connectivity index (χ2n) is 12.1. The lowest BCUT2D eigenvalue weighted by Crippen LogP contribution is -2.45. The number of aryl methyl sites for hydroxylation is 2. The normalized spacial score (nSPS) is 21.7. The molecule has 42 heavy (non-hydrogen) atoms. The van der Waals surface area contributed by atoms with Crippen molar-refractivity contribution in [3.05, 3.63) is 71.8 Å². The summed E-state index contributed by atoms with van der Waals surface area (Å²) in [4.78, 5) is 2.94. The zero-order valence-corrected chi connectivity index (χ0v) is 27.8. The summed E-state index contributed by atoms with van der Waals surface area (Å²) in [6.45, 7) is 13.0. The van der Waals surface area contributed by atoms with Gasteiger partial charge in [0.1, 0.15) is 0 Å². The second kappa shape index (κ2) is 15.3. The third-order valence-corrected chi connectivity index (χ3v) is 12.4. The first-order valence-electron chi connectivity index (χ1n) is 15.0. The molecule has 2 fully saturated rings. The average Bonchev–Trinajstić information content (AvgIpc) is 2.94. The Morgan fingerprint density at radius 3 is 1.83 bits per heavy atom. The van der Waals surface area contributed by atoms with E-state index in [1.807, 2.05) is 45.0 Å². The summed E-state index contributed by atoms with van der Waals surface area (Å²) in [5, 5.41) is 0. The molecule has 1 saturated carbocycles. The van der Waals surface area contributed by atoms with Crippen LogP contribution in [-0.2, 0) is 20.0 Å². The van der Waals surface area contributed by atoms with E-state index in [1.54, 1.807) is 24.3 Å². The van der Waals surface area contributed by atoms with Crippen molar-refractivity contribution in [3.8, 4) is 0 Å². The Morgan fingerprint density at radius 1 is 0.714 bits per heavy atom. The quantitative estimate of drug-likeness (QED) is 0.362. The van der Waals surface area contributed by atoms with Crippen LogP contribution in [0.1, 0.15) is 63.0 Å². The van der Waals surface area contributed by atoms with Gasteiger partial charge in [0.25, 0.3) is 0 Å². The molecule has 2 aromatic carbocycles. The third kappa shape index (κ3) is 8.89. The van der Waals surface area contributed by atoms with Crippen LogP contribution in [0.15, 0.2) is 70.5 Å².